The van der Waals surface area contributed by atoms with Crippen molar-refractivity contribution in [1.29, 1.82) is 0 Å². The molecule has 3 aromatic heterocycles. The van der Waals surface area contributed by atoms with E-state index in [0.29, 0.717) is 19.3 Å². The van der Waals surface area contributed by atoms with Crippen molar-refractivity contribution < 1.29 is 92.1 Å². The van der Waals surface area contributed by atoms with Crippen molar-refractivity contribution in [3.8, 4) is 0 Å². The highest BCUT2D eigenvalue weighted by Gasteiger charge is 2.41. The average molecular weight is 869 g/mol. The van der Waals surface area contributed by atoms with Gasteiger partial charge in [0.2, 0.25) is 24.0 Å². The van der Waals surface area contributed by atoms with E-state index < -0.39 is 41.7 Å². The SMILES string of the molecule is O=C(NCCCn1cc(C(F)(F)F)[n+](CCCC[n+]2cc(C(F)(F)F)n(CCCCn3cnc(C(F)(F)F)c3)c2)c1)OCc1ccccc1.[Br-].[Br-]. The minimum absolute atomic E-state index is 0. The monoisotopic (exact) mass is 867 g/mol. The molecule has 284 valence electrons. The van der Waals surface area contributed by atoms with Gasteiger partial charge in [-0.15, -0.1) is 0 Å². The molecule has 0 radical (unpaired) electrons. The topological polar surface area (TPSA) is 73.8 Å². The largest absolute Gasteiger partial charge is 1.00 e. The molecule has 0 aliphatic heterocycles. The third-order valence-corrected chi connectivity index (χ3v) is 7.48. The quantitative estimate of drug-likeness (QED) is 0.101. The van der Waals surface area contributed by atoms with E-state index in [1.165, 1.54) is 26.4 Å². The predicted molar refractivity (Wildman–Crippen MR) is 154 cm³/mol. The molecule has 1 aromatic carbocycles. The number of rotatable bonds is 16. The summed E-state index contributed by atoms with van der Waals surface area (Å²) >= 11 is 0. The van der Waals surface area contributed by atoms with Gasteiger partial charge < -0.3 is 48.6 Å². The number of hydrogen-bond acceptors (Lipinski definition) is 3. The fourth-order valence-corrected chi connectivity index (χ4v) is 5.09. The molecule has 9 nitrogen and oxygen atoms in total. The average Bonchev–Trinajstić information content (AvgIpc) is 3.77. The number of alkyl carbamates (subject to hydrolysis) is 1. The summed E-state index contributed by atoms with van der Waals surface area (Å²) in [7, 11) is 0. The molecule has 0 unspecified atom stereocenters. The van der Waals surface area contributed by atoms with Gasteiger partial charge in [-0.2, -0.15) is 39.5 Å². The number of nitrogens with zero attached hydrogens (tertiary/aromatic N) is 6. The molecule has 4 aromatic rings. The molecule has 1 amide bonds. The van der Waals surface area contributed by atoms with Crippen molar-refractivity contribution >= 4 is 6.09 Å². The summed E-state index contributed by atoms with van der Waals surface area (Å²) in [5.74, 6) is 0. The van der Waals surface area contributed by atoms with E-state index in [-0.39, 0.29) is 92.7 Å². The van der Waals surface area contributed by atoms with E-state index in [4.69, 9.17) is 4.74 Å². The molecule has 0 aliphatic carbocycles. The van der Waals surface area contributed by atoms with Gasteiger partial charge in [0.15, 0.2) is 5.69 Å². The molecular formula is C31H36Br2F9N7O2. The zero-order chi connectivity index (χ0) is 35.7. The standard InChI is InChI=1S/C31H35F9N7O2.2BrH/c32-29(33,34)25-17-43(21-42-25)12-4-6-15-46-22-44(18-26(46)30(35,36)37)13-5-7-16-47-23-45(19-27(47)31(38,39)40)14-8-11-41-28(48)49-20-24-9-2-1-3-10-24;;/h1-3,9-10,17-19,21-23H,4-8,11-16,20H2;2*1H/q+1;;/p-1. The van der Waals surface area contributed by atoms with Crippen LogP contribution in [0.2, 0.25) is 0 Å². The van der Waals surface area contributed by atoms with Crippen LogP contribution in [0.25, 0.3) is 0 Å². The predicted octanol–water partition coefficient (Wildman–Crippen LogP) is 0.403. The normalized spacial score (nSPS) is 11.9. The lowest BCUT2D eigenvalue weighted by Crippen LogP contribution is -3.00. The van der Waals surface area contributed by atoms with Crippen LogP contribution in [0.5, 0.6) is 0 Å². The fourth-order valence-electron chi connectivity index (χ4n) is 5.09. The highest BCUT2D eigenvalue weighted by atomic mass is 79.9. The lowest BCUT2D eigenvalue weighted by molar-refractivity contribution is -0.719. The molecule has 0 fully saturated rings. The van der Waals surface area contributed by atoms with Crippen molar-refractivity contribution in [3.05, 3.63) is 90.5 Å². The Balaban J connectivity index is 0.00000451. The van der Waals surface area contributed by atoms with Crippen molar-refractivity contribution in [1.82, 2.24) is 24.0 Å². The lowest BCUT2D eigenvalue weighted by Gasteiger charge is -2.06. The van der Waals surface area contributed by atoms with Gasteiger partial charge in [-0.1, -0.05) is 30.3 Å². The molecule has 0 saturated heterocycles. The van der Waals surface area contributed by atoms with Crippen LogP contribution in [-0.2, 0) is 62.6 Å². The second-order valence-corrected chi connectivity index (χ2v) is 11.4. The van der Waals surface area contributed by atoms with Crippen LogP contribution in [0.15, 0.2) is 67.9 Å². The fraction of sp³-hybridized carbons (Fsp3) is 0.484. The van der Waals surface area contributed by atoms with Gasteiger partial charge >= 0.3 is 24.6 Å². The zero-order valence-corrected chi connectivity index (χ0v) is 30.2. The number of carbonyl (C=O) groups excluding carboxylic acids is 1. The van der Waals surface area contributed by atoms with E-state index in [2.05, 4.69) is 10.3 Å². The number of hydrogen-bond donors (Lipinski definition) is 1. The molecule has 51 heavy (non-hydrogen) atoms. The second kappa shape index (κ2) is 19.3. The first-order valence-corrected chi connectivity index (χ1v) is 15.5. The maximum Gasteiger partial charge on any atom is 0.457 e. The Morgan fingerprint density at radius 1 is 0.765 bits per heavy atom. The number of halogens is 11. The number of amides is 1. The molecule has 0 bridgehead atoms. The van der Waals surface area contributed by atoms with Crippen LogP contribution in [0.4, 0.5) is 44.3 Å². The first-order chi connectivity index (χ1) is 23.1. The molecule has 0 spiro atoms. The number of aryl methyl sites for hydroxylation is 5. The number of imidazole rings is 3. The number of unbranched alkanes of at least 4 members (excludes halogenated alkanes) is 2. The van der Waals surface area contributed by atoms with Gasteiger partial charge in [0.05, 0.1) is 32.5 Å². The smallest absolute Gasteiger partial charge is 0.457 e. The first-order valence-electron chi connectivity index (χ1n) is 15.5. The van der Waals surface area contributed by atoms with Crippen LogP contribution in [0, 0.1) is 0 Å². The van der Waals surface area contributed by atoms with E-state index in [1.54, 1.807) is 24.3 Å². The van der Waals surface area contributed by atoms with Gasteiger partial charge in [0.25, 0.3) is 0 Å². The number of ether oxygens (including phenoxy) is 1. The van der Waals surface area contributed by atoms with Gasteiger partial charge in [-0.25, -0.2) is 28.0 Å². The van der Waals surface area contributed by atoms with Crippen molar-refractivity contribution in [3.63, 3.8) is 0 Å². The Labute approximate surface area is 308 Å². The van der Waals surface area contributed by atoms with Crippen LogP contribution in [0.3, 0.4) is 0 Å². The molecular weight excluding hydrogens is 833 g/mol. The Morgan fingerprint density at radius 2 is 1.43 bits per heavy atom. The molecule has 0 saturated carbocycles. The van der Waals surface area contributed by atoms with Gasteiger partial charge in [0, 0.05) is 25.7 Å². The number of alkyl halides is 9. The summed E-state index contributed by atoms with van der Waals surface area (Å²) in [5, 5.41) is 2.56. The third kappa shape index (κ3) is 13.8. The molecule has 0 atom stereocenters. The van der Waals surface area contributed by atoms with E-state index in [0.717, 1.165) is 39.6 Å². The summed E-state index contributed by atoms with van der Waals surface area (Å²) in [6.45, 7) is 0.661. The van der Waals surface area contributed by atoms with Crippen LogP contribution < -0.4 is 48.4 Å². The lowest BCUT2D eigenvalue weighted by atomic mass is 10.2. The molecule has 1 N–H and O–H groups in total. The third-order valence-electron chi connectivity index (χ3n) is 7.48. The summed E-state index contributed by atoms with van der Waals surface area (Å²) in [4.78, 5) is 15.2. The minimum atomic E-state index is -4.66. The van der Waals surface area contributed by atoms with Crippen molar-refractivity contribution in [2.75, 3.05) is 6.54 Å². The highest BCUT2D eigenvalue weighted by Crippen LogP contribution is 2.30. The summed E-state index contributed by atoms with van der Waals surface area (Å²) in [5.41, 5.74) is -2.01. The second-order valence-electron chi connectivity index (χ2n) is 11.4. The van der Waals surface area contributed by atoms with Crippen LogP contribution in [-0.4, -0.2) is 31.3 Å². The summed E-state index contributed by atoms with van der Waals surface area (Å²) < 4.78 is 131. The summed E-state index contributed by atoms with van der Waals surface area (Å²) in [6, 6.07) is 9.04. The highest BCUT2D eigenvalue weighted by molar-refractivity contribution is 5.67. The van der Waals surface area contributed by atoms with E-state index in [1.807, 2.05) is 6.07 Å². The molecule has 20 heteroatoms. The van der Waals surface area contributed by atoms with Gasteiger partial charge in [0.1, 0.15) is 19.0 Å². The maximum absolute atomic E-state index is 13.7. The molecule has 4 rings (SSSR count). The van der Waals surface area contributed by atoms with E-state index >= 15 is 0 Å². The Morgan fingerprint density at radius 3 is 2.08 bits per heavy atom. The number of carbonyl (C=O) groups is 1. The molecule has 0 aliphatic rings. The van der Waals surface area contributed by atoms with Crippen molar-refractivity contribution in [2.24, 2.45) is 0 Å². The summed E-state index contributed by atoms with van der Waals surface area (Å²) in [6.07, 6.45) is -6.74. The number of nitrogens with one attached hydrogen (secondary N) is 1. The number of aromatic nitrogens is 6. The number of benzene rings is 1. The Bertz CT molecular complexity index is 1640. The van der Waals surface area contributed by atoms with E-state index in [9.17, 15) is 44.3 Å². The Kier molecular flexibility index (Phi) is 16.5. The van der Waals surface area contributed by atoms with Crippen LogP contribution in [0.1, 0.15) is 54.7 Å². The minimum Gasteiger partial charge on any atom is -1.00 e. The van der Waals surface area contributed by atoms with Crippen LogP contribution >= 0.6 is 0 Å². The first kappa shape index (κ1) is 43.6. The van der Waals surface area contributed by atoms with Crippen molar-refractivity contribution in [2.45, 2.75) is 90.0 Å². The van der Waals surface area contributed by atoms with Gasteiger partial charge in [-0.05, 0) is 31.2 Å². The Hall–Kier alpha value is -3.55. The zero-order valence-electron chi connectivity index (χ0n) is 27.0. The maximum atomic E-state index is 13.7. The molecule has 3 heterocycles. The van der Waals surface area contributed by atoms with Gasteiger partial charge in [-0.3, -0.25) is 0 Å².